The van der Waals surface area contributed by atoms with Crippen LogP contribution >= 0.6 is 0 Å². The maximum atomic E-state index is 13.9. The number of hydrogen-bond donors (Lipinski definition) is 2. The minimum atomic E-state index is -4.81. The summed E-state index contributed by atoms with van der Waals surface area (Å²) in [6.45, 7) is 2.68. The Morgan fingerprint density at radius 2 is 1.87 bits per heavy atom. The van der Waals surface area contributed by atoms with Crippen molar-refractivity contribution in [2.45, 2.75) is 68.7 Å². The SMILES string of the molecule is C[C@@H](C[C@H]1CN(S(=O)(=O)c2cccc(C3CC3)c2)c2cc(NC(=O)OC(C)(C)C(F)(F)F)ccc2O1)C(=O)O. The van der Waals surface area contributed by atoms with E-state index in [0.717, 1.165) is 22.7 Å². The van der Waals surface area contributed by atoms with Crippen molar-refractivity contribution < 1.29 is 45.8 Å². The lowest BCUT2D eigenvalue weighted by atomic mass is 10.0. The molecule has 2 aliphatic rings. The zero-order valence-electron chi connectivity index (χ0n) is 21.5. The molecule has 1 saturated carbocycles. The smallest absolute Gasteiger partial charge is 0.427 e. The van der Waals surface area contributed by atoms with Crippen molar-refractivity contribution in [2.75, 3.05) is 16.2 Å². The van der Waals surface area contributed by atoms with Gasteiger partial charge in [0.15, 0.2) is 0 Å². The molecule has 13 heteroatoms. The van der Waals surface area contributed by atoms with Crippen molar-refractivity contribution in [2.24, 2.45) is 5.92 Å². The van der Waals surface area contributed by atoms with Crippen LogP contribution in [0.3, 0.4) is 0 Å². The van der Waals surface area contributed by atoms with Gasteiger partial charge in [0.05, 0.1) is 23.0 Å². The van der Waals surface area contributed by atoms with Crippen molar-refractivity contribution in [3.63, 3.8) is 0 Å². The normalized spacial score (nSPS) is 18.5. The molecule has 1 aliphatic heterocycles. The van der Waals surface area contributed by atoms with Crippen molar-refractivity contribution in [1.29, 1.82) is 0 Å². The van der Waals surface area contributed by atoms with Crippen LogP contribution in [0.15, 0.2) is 47.4 Å². The highest BCUT2D eigenvalue weighted by Crippen LogP contribution is 2.43. The van der Waals surface area contributed by atoms with Gasteiger partial charge in [0.1, 0.15) is 11.9 Å². The molecule has 2 N–H and O–H groups in total. The third-order valence-electron chi connectivity index (χ3n) is 6.70. The number of anilines is 2. The fraction of sp³-hybridized carbons (Fsp3) is 0.462. The first-order valence-electron chi connectivity index (χ1n) is 12.3. The van der Waals surface area contributed by atoms with Crippen LogP contribution in [0.2, 0.25) is 0 Å². The second-order valence-corrected chi connectivity index (χ2v) is 12.2. The van der Waals surface area contributed by atoms with Gasteiger partial charge in [0, 0.05) is 5.69 Å². The van der Waals surface area contributed by atoms with Gasteiger partial charge >= 0.3 is 18.2 Å². The molecule has 212 valence electrons. The van der Waals surface area contributed by atoms with Crippen LogP contribution in [0.25, 0.3) is 0 Å². The van der Waals surface area contributed by atoms with E-state index in [2.05, 4.69) is 10.1 Å². The minimum absolute atomic E-state index is 0.0235. The Hall–Kier alpha value is -3.48. The number of nitrogens with one attached hydrogen (secondary N) is 1. The van der Waals surface area contributed by atoms with E-state index in [1.807, 2.05) is 6.07 Å². The van der Waals surface area contributed by atoms with Crippen molar-refractivity contribution in [3.05, 3.63) is 48.0 Å². The minimum Gasteiger partial charge on any atom is -0.486 e. The first-order chi connectivity index (χ1) is 18.1. The number of carboxylic acid groups (broad SMARTS) is 1. The molecule has 9 nitrogen and oxygen atoms in total. The van der Waals surface area contributed by atoms with E-state index in [1.165, 1.54) is 31.2 Å². The third kappa shape index (κ3) is 6.23. The van der Waals surface area contributed by atoms with E-state index in [4.69, 9.17) is 4.74 Å². The Kier molecular flexibility index (Phi) is 7.50. The highest BCUT2D eigenvalue weighted by Gasteiger charge is 2.51. The number of alkyl halides is 3. The van der Waals surface area contributed by atoms with Gasteiger partial charge in [0.2, 0.25) is 5.60 Å². The van der Waals surface area contributed by atoms with Crippen LogP contribution in [-0.2, 0) is 19.6 Å². The lowest BCUT2D eigenvalue weighted by Gasteiger charge is -2.36. The molecule has 4 rings (SSSR count). The molecule has 1 amide bonds. The van der Waals surface area contributed by atoms with Crippen LogP contribution in [0.4, 0.5) is 29.3 Å². The summed E-state index contributed by atoms with van der Waals surface area (Å²) in [6, 6.07) is 10.5. The van der Waals surface area contributed by atoms with E-state index in [0.29, 0.717) is 19.8 Å². The largest absolute Gasteiger partial charge is 0.486 e. The van der Waals surface area contributed by atoms with Gasteiger partial charge in [-0.15, -0.1) is 0 Å². The summed E-state index contributed by atoms with van der Waals surface area (Å²) < 4.78 is 78.6. The summed E-state index contributed by atoms with van der Waals surface area (Å²) in [5.41, 5.74) is -1.85. The molecule has 2 aromatic carbocycles. The molecule has 2 atom stereocenters. The van der Waals surface area contributed by atoms with E-state index >= 15 is 0 Å². The Balaban J connectivity index is 1.67. The number of rotatable bonds is 8. The summed E-state index contributed by atoms with van der Waals surface area (Å²) >= 11 is 0. The second-order valence-electron chi connectivity index (χ2n) is 10.3. The fourth-order valence-corrected chi connectivity index (χ4v) is 5.70. The number of carbonyl (C=O) groups is 2. The number of sulfonamides is 1. The third-order valence-corrected chi connectivity index (χ3v) is 8.48. The van der Waals surface area contributed by atoms with Crippen LogP contribution in [-0.4, -0.2) is 50.0 Å². The van der Waals surface area contributed by atoms with Gasteiger partial charge in [-0.3, -0.25) is 14.4 Å². The second kappa shape index (κ2) is 10.2. The molecule has 0 bridgehead atoms. The fourth-order valence-electron chi connectivity index (χ4n) is 4.14. The van der Waals surface area contributed by atoms with E-state index < -0.39 is 45.9 Å². The number of carbonyl (C=O) groups excluding carboxylic acids is 1. The zero-order chi connectivity index (χ0) is 28.8. The molecule has 0 radical (unpaired) electrons. The Morgan fingerprint density at radius 3 is 2.49 bits per heavy atom. The summed E-state index contributed by atoms with van der Waals surface area (Å²) in [4.78, 5) is 23.7. The Morgan fingerprint density at radius 1 is 1.18 bits per heavy atom. The van der Waals surface area contributed by atoms with Crippen LogP contribution in [0, 0.1) is 5.92 Å². The Labute approximate surface area is 223 Å². The lowest BCUT2D eigenvalue weighted by molar-refractivity contribution is -0.242. The molecule has 0 spiro atoms. The zero-order valence-corrected chi connectivity index (χ0v) is 22.3. The number of carboxylic acids is 1. The average molecular weight is 571 g/mol. The molecule has 1 fully saturated rings. The number of nitrogens with zero attached hydrogens (tertiary/aromatic N) is 1. The Bertz CT molecular complexity index is 1370. The van der Waals surface area contributed by atoms with Crippen molar-refractivity contribution >= 4 is 33.5 Å². The summed E-state index contributed by atoms with van der Waals surface area (Å²) in [5.74, 6) is -1.47. The molecule has 2 aromatic rings. The molecule has 0 unspecified atom stereocenters. The predicted molar refractivity (Wildman–Crippen MR) is 135 cm³/mol. The molecule has 39 heavy (non-hydrogen) atoms. The first kappa shape index (κ1) is 28.5. The molecule has 1 heterocycles. The summed E-state index contributed by atoms with van der Waals surface area (Å²) in [7, 11) is -4.17. The standard InChI is InChI=1S/C26H29F3N2O7S/c1-15(23(32)33)11-19-14-31(39(35,36)20-6-4-5-17(12-20)16-7-8-16)21-13-18(9-10-22(21)37-19)30-24(34)38-25(2,3)26(27,28)29/h4-6,9-10,12-13,15-16,19H,7-8,11,14H2,1-3H3,(H,30,34)(H,32,33)/t15-,19-/m0/s1. The lowest BCUT2D eigenvalue weighted by Crippen LogP contribution is -2.45. The van der Waals surface area contributed by atoms with Crippen molar-refractivity contribution in [1.82, 2.24) is 0 Å². The van der Waals surface area contributed by atoms with Gasteiger partial charge in [-0.1, -0.05) is 19.1 Å². The van der Waals surface area contributed by atoms with Gasteiger partial charge in [-0.2, -0.15) is 13.2 Å². The summed E-state index contributed by atoms with van der Waals surface area (Å²) in [6.07, 6.45) is -5.02. The maximum absolute atomic E-state index is 13.9. The number of benzene rings is 2. The number of hydrogen-bond acceptors (Lipinski definition) is 6. The number of aliphatic carboxylic acids is 1. The van der Waals surface area contributed by atoms with Gasteiger partial charge in [0.25, 0.3) is 10.0 Å². The van der Waals surface area contributed by atoms with Gasteiger partial charge < -0.3 is 14.6 Å². The van der Waals surface area contributed by atoms with E-state index in [9.17, 15) is 36.3 Å². The van der Waals surface area contributed by atoms with Crippen LogP contribution < -0.4 is 14.4 Å². The molecular formula is C26H29F3N2O7S. The van der Waals surface area contributed by atoms with Gasteiger partial charge in [-0.05, 0) is 74.9 Å². The number of ether oxygens (including phenoxy) is 2. The first-order valence-corrected chi connectivity index (χ1v) is 13.8. The summed E-state index contributed by atoms with van der Waals surface area (Å²) in [5, 5.41) is 11.5. The quantitative estimate of drug-likeness (QED) is 0.429. The predicted octanol–water partition coefficient (Wildman–Crippen LogP) is 5.52. The average Bonchev–Trinajstić information content (AvgIpc) is 3.68. The highest BCUT2D eigenvalue weighted by atomic mass is 32.2. The van der Waals surface area contributed by atoms with E-state index in [1.54, 1.807) is 12.1 Å². The number of fused-ring (bicyclic) bond motifs is 1. The molecular weight excluding hydrogens is 541 g/mol. The maximum Gasteiger partial charge on any atom is 0.427 e. The topological polar surface area (TPSA) is 122 Å². The molecule has 1 aliphatic carbocycles. The monoisotopic (exact) mass is 570 g/mol. The highest BCUT2D eigenvalue weighted by molar-refractivity contribution is 7.92. The molecule has 0 saturated heterocycles. The van der Waals surface area contributed by atoms with Crippen molar-refractivity contribution in [3.8, 4) is 5.75 Å². The van der Waals surface area contributed by atoms with Crippen LogP contribution in [0.1, 0.15) is 51.5 Å². The number of amides is 1. The van der Waals surface area contributed by atoms with E-state index in [-0.39, 0.29) is 35.0 Å². The van der Waals surface area contributed by atoms with Gasteiger partial charge in [-0.25, -0.2) is 13.2 Å². The van der Waals surface area contributed by atoms with Crippen LogP contribution in [0.5, 0.6) is 5.75 Å². The number of halogens is 3. The molecule has 0 aromatic heterocycles.